The molecule has 0 fully saturated rings. The molecule has 0 N–H and O–H groups in total. The van der Waals surface area contributed by atoms with Gasteiger partial charge in [-0.1, -0.05) is 31.6 Å². The fourth-order valence-electron chi connectivity index (χ4n) is 1.51. The largest absolute Gasteiger partial charge is 0.281 e. The lowest BCUT2D eigenvalue weighted by molar-refractivity contribution is 0.108. The minimum Gasteiger partial charge on any atom is -0.281 e. The zero-order chi connectivity index (χ0) is 15.3. The van der Waals surface area contributed by atoms with Crippen LogP contribution in [-0.2, 0) is 0 Å². The highest BCUT2D eigenvalue weighted by molar-refractivity contribution is 8.14. The third-order valence-corrected chi connectivity index (χ3v) is 4.28. The molecule has 0 aliphatic rings. The quantitative estimate of drug-likeness (QED) is 0.472. The molecule has 0 radical (unpaired) electrons. The molecule has 0 bridgehead atoms. The molecular weight excluding hydrogens is 294 g/mol. The van der Waals surface area contributed by atoms with Crippen LogP contribution in [0.3, 0.4) is 0 Å². The predicted octanol–water partition coefficient (Wildman–Crippen LogP) is 4.24. The average Bonchev–Trinajstić information content (AvgIpc) is 2.46. The van der Waals surface area contributed by atoms with Gasteiger partial charge in [-0.2, -0.15) is 0 Å². The van der Waals surface area contributed by atoms with Crippen molar-refractivity contribution in [2.45, 2.75) is 24.7 Å². The number of carbonyl (C=O) groups excluding carboxylic acids is 1. The molecule has 1 aromatic carbocycles. The molecule has 0 amide bonds. The van der Waals surface area contributed by atoms with Crippen LogP contribution in [0.1, 0.15) is 15.9 Å². The van der Waals surface area contributed by atoms with Crippen molar-refractivity contribution < 1.29 is 4.79 Å². The van der Waals surface area contributed by atoms with Gasteiger partial charge < -0.3 is 0 Å². The summed E-state index contributed by atoms with van der Waals surface area (Å²) in [6, 6.07) is 13.0. The fourth-order valence-corrected chi connectivity index (χ4v) is 2.73. The fraction of sp³-hybridized carbons (Fsp3) is 0.176. The Morgan fingerprint density at radius 2 is 1.81 bits per heavy atom. The Morgan fingerprint density at radius 1 is 1.10 bits per heavy atom. The number of thioether (sulfide) groups is 1. The first kappa shape index (κ1) is 15.6. The molecule has 21 heavy (non-hydrogen) atoms. The van der Waals surface area contributed by atoms with E-state index in [0.29, 0.717) is 10.6 Å². The summed E-state index contributed by atoms with van der Waals surface area (Å²) in [5.74, 6) is 3.18. The number of aromatic nitrogens is 1. The monoisotopic (exact) mass is 311 g/mol. The molecule has 0 saturated carbocycles. The van der Waals surface area contributed by atoms with E-state index >= 15 is 0 Å². The maximum atomic E-state index is 12.1. The third kappa shape index (κ3) is 5.22. The Kier molecular flexibility index (Phi) is 5.00. The van der Waals surface area contributed by atoms with E-state index in [-0.39, 0.29) is 5.12 Å². The first-order chi connectivity index (χ1) is 9.94. The van der Waals surface area contributed by atoms with Gasteiger partial charge in [-0.25, -0.2) is 4.98 Å². The second-order valence-corrected chi connectivity index (χ2v) is 11.4. The van der Waals surface area contributed by atoms with Crippen LogP contribution in [0.15, 0.2) is 53.7 Å². The molecule has 0 spiro atoms. The summed E-state index contributed by atoms with van der Waals surface area (Å²) in [5.41, 5.74) is 4.94. The average molecular weight is 311 g/mol. The van der Waals surface area contributed by atoms with Gasteiger partial charge in [0.25, 0.3) is 0 Å². The zero-order valence-corrected chi connectivity index (χ0v) is 14.2. The van der Waals surface area contributed by atoms with Crippen molar-refractivity contribution in [3.05, 3.63) is 59.8 Å². The van der Waals surface area contributed by atoms with Gasteiger partial charge in [-0.3, -0.25) is 4.79 Å². The molecule has 2 aromatic rings. The number of hydrogen-bond acceptors (Lipinski definition) is 3. The van der Waals surface area contributed by atoms with Crippen molar-refractivity contribution in [3.8, 4) is 11.5 Å². The first-order valence-corrected chi connectivity index (χ1v) is 11.0. The lowest BCUT2D eigenvalue weighted by atomic mass is 10.1. The van der Waals surface area contributed by atoms with E-state index in [1.165, 1.54) is 0 Å². The predicted molar refractivity (Wildman–Crippen MR) is 91.1 cm³/mol. The minimum absolute atomic E-state index is 0.00148. The van der Waals surface area contributed by atoms with E-state index in [0.717, 1.165) is 17.3 Å². The lowest BCUT2D eigenvalue weighted by Crippen LogP contribution is -2.16. The van der Waals surface area contributed by atoms with E-state index < -0.39 is 8.07 Å². The van der Waals surface area contributed by atoms with E-state index in [1.54, 1.807) is 6.20 Å². The van der Waals surface area contributed by atoms with Crippen molar-refractivity contribution >= 4 is 25.0 Å². The number of hydrogen-bond donors (Lipinski definition) is 0. The third-order valence-electron chi connectivity index (χ3n) is 2.54. The summed E-state index contributed by atoms with van der Waals surface area (Å²) in [5, 5.41) is 0.712. The molecule has 2 rings (SSSR count). The van der Waals surface area contributed by atoms with Crippen molar-refractivity contribution in [3.63, 3.8) is 0 Å². The van der Waals surface area contributed by atoms with Crippen LogP contribution in [0.25, 0.3) is 0 Å². The second kappa shape index (κ2) is 6.75. The van der Waals surface area contributed by atoms with Crippen LogP contribution in [0.4, 0.5) is 0 Å². The van der Waals surface area contributed by atoms with Crippen molar-refractivity contribution in [2.24, 2.45) is 0 Å². The van der Waals surface area contributed by atoms with Gasteiger partial charge in [-0.15, -0.1) is 5.54 Å². The molecule has 4 heteroatoms. The molecule has 0 saturated heterocycles. The number of pyridine rings is 1. The molecule has 1 heterocycles. The van der Waals surface area contributed by atoms with Crippen LogP contribution in [-0.4, -0.2) is 18.2 Å². The smallest absolute Gasteiger partial charge is 0.225 e. The maximum Gasteiger partial charge on any atom is 0.225 e. The van der Waals surface area contributed by atoms with Gasteiger partial charge in [0.05, 0.1) is 0 Å². The highest BCUT2D eigenvalue weighted by Crippen LogP contribution is 2.20. The molecule has 2 nitrogen and oxygen atoms in total. The molecular formula is C17H17NOSSi. The van der Waals surface area contributed by atoms with Crippen LogP contribution in [0.2, 0.25) is 19.6 Å². The van der Waals surface area contributed by atoms with E-state index in [4.69, 9.17) is 0 Å². The Labute approximate surface area is 131 Å². The van der Waals surface area contributed by atoms with Gasteiger partial charge >= 0.3 is 0 Å². The molecule has 0 atom stereocenters. The Balaban J connectivity index is 2.08. The lowest BCUT2D eigenvalue weighted by Gasteiger charge is -2.03. The Hall–Kier alpha value is -1.83. The molecule has 106 valence electrons. The molecule has 0 aliphatic heterocycles. The topological polar surface area (TPSA) is 30.0 Å². The Morgan fingerprint density at radius 3 is 2.38 bits per heavy atom. The van der Waals surface area contributed by atoms with E-state index in [2.05, 4.69) is 36.1 Å². The SMILES string of the molecule is C[Si](C)(C)C#Cc1ccc(C(=O)Sc2ccccn2)cc1. The van der Waals surface area contributed by atoms with Crippen LogP contribution in [0, 0.1) is 11.5 Å². The van der Waals surface area contributed by atoms with Gasteiger partial charge in [0.1, 0.15) is 13.1 Å². The Bertz CT molecular complexity index is 679. The summed E-state index contributed by atoms with van der Waals surface area (Å²) < 4.78 is 0. The number of carbonyl (C=O) groups is 1. The zero-order valence-electron chi connectivity index (χ0n) is 12.4. The standard InChI is InChI=1S/C17H17NOSSi/c1-21(2,3)13-11-14-7-9-15(10-8-14)17(19)20-16-6-4-5-12-18-16/h4-10,12H,1-3H3. The minimum atomic E-state index is -1.37. The van der Waals surface area contributed by atoms with Gasteiger partial charge in [0.15, 0.2) is 0 Å². The highest BCUT2D eigenvalue weighted by Gasteiger charge is 2.09. The number of nitrogens with zero attached hydrogens (tertiary/aromatic N) is 1. The van der Waals surface area contributed by atoms with Crippen molar-refractivity contribution in [2.75, 3.05) is 0 Å². The van der Waals surface area contributed by atoms with Gasteiger partial charge in [0, 0.05) is 17.3 Å². The summed E-state index contributed by atoms with van der Waals surface area (Å²) in [6.07, 6.45) is 1.69. The number of benzene rings is 1. The summed E-state index contributed by atoms with van der Waals surface area (Å²) >= 11 is 1.14. The first-order valence-electron chi connectivity index (χ1n) is 6.70. The maximum absolute atomic E-state index is 12.1. The summed E-state index contributed by atoms with van der Waals surface area (Å²) in [6.45, 7) is 6.63. The van der Waals surface area contributed by atoms with Crippen LogP contribution < -0.4 is 0 Å². The normalized spacial score (nSPS) is 10.6. The summed E-state index contributed by atoms with van der Waals surface area (Å²) in [4.78, 5) is 16.3. The number of rotatable bonds is 2. The van der Waals surface area contributed by atoms with Crippen molar-refractivity contribution in [1.82, 2.24) is 4.98 Å². The van der Waals surface area contributed by atoms with Crippen LogP contribution in [0.5, 0.6) is 0 Å². The second-order valence-electron chi connectivity index (χ2n) is 5.63. The van der Waals surface area contributed by atoms with E-state index in [9.17, 15) is 4.79 Å². The van der Waals surface area contributed by atoms with Gasteiger partial charge in [0.2, 0.25) is 5.12 Å². The summed E-state index contributed by atoms with van der Waals surface area (Å²) in [7, 11) is -1.37. The van der Waals surface area contributed by atoms with E-state index in [1.807, 2.05) is 42.5 Å². The molecule has 1 aromatic heterocycles. The van der Waals surface area contributed by atoms with Crippen LogP contribution >= 0.6 is 11.8 Å². The van der Waals surface area contributed by atoms with Crippen molar-refractivity contribution in [1.29, 1.82) is 0 Å². The molecule has 0 aliphatic carbocycles. The van der Waals surface area contributed by atoms with Gasteiger partial charge in [-0.05, 0) is 48.2 Å². The highest BCUT2D eigenvalue weighted by atomic mass is 32.2. The molecule has 0 unspecified atom stereocenters.